The van der Waals surface area contributed by atoms with Gasteiger partial charge in [-0.25, -0.2) is 13.1 Å². The van der Waals surface area contributed by atoms with E-state index in [0.717, 1.165) is 45.1 Å². The van der Waals surface area contributed by atoms with E-state index >= 15 is 0 Å². The summed E-state index contributed by atoms with van der Waals surface area (Å²) in [5, 5.41) is 0. The van der Waals surface area contributed by atoms with Gasteiger partial charge in [0.25, 0.3) is 0 Å². The van der Waals surface area contributed by atoms with Gasteiger partial charge in [-0.3, -0.25) is 0 Å². The first-order chi connectivity index (χ1) is 8.09. The van der Waals surface area contributed by atoms with Crippen LogP contribution in [-0.4, -0.2) is 33.9 Å². The largest absolute Gasteiger partial charge is 0.384 e. The first-order valence-electron chi connectivity index (χ1n) is 6.58. The molecule has 0 atom stereocenters. The van der Waals surface area contributed by atoms with Gasteiger partial charge in [0.2, 0.25) is 10.0 Å². The molecule has 0 aromatic carbocycles. The lowest BCUT2D eigenvalue weighted by molar-refractivity contribution is 0.126. The molecule has 2 aliphatic carbocycles. The van der Waals surface area contributed by atoms with Crippen LogP contribution in [0.5, 0.6) is 0 Å². The summed E-state index contributed by atoms with van der Waals surface area (Å²) in [6.07, 6.45) is 6.23. The standard InChI is InChI=1S/C12H23NO3S/c1-16-8-10-4-6-12(7-5-10)13-17(14,15)9-11-2-3-11/h10-13H,2-9H2,1H3. The smallest absolute Gasteiger partial charge is 0.212 e. The molecule has 2 saturated carbocycles. The van der Waals surface area contributed by atoms with Gasteiger partial charge in [-0.2, -0.15) is 0 Å². The number of rotatable bonds is 6. The van der Waals surface area contributed by atoms with E-state index in [1.54, 1.807) is 7.11 Å². The molecule has 17 heavy (non-hydrogen) atoms. The predicted octanol–water partition coefficient (Wildman–Crippen LogP) is 1.52. The first-order valence-corrected chi connectivity index (χ1v) is 8.23. The molecule has 0 heterocycles. The van der Waals surface area contributed by atoms with Crippen LogP contribution in [0.1, 0.15) is 38.5 Å². The van der Waals surface area contributed by atoms with Gasteiger partial charge >= 0.3 is 0 Å². The first kappa shape index (κ1) is 13.3. The molecule has 0 saturated heterocycles. The van der Waals surface area contributed by atoms with E-state index in [9.17, 15) is 8.42 Å². The Hall–Kier alpha value is -0.130. The van der Waals surface area contributed by atoms with Crippen molar-refractivity contribution in [3.05, 3.63) is 0 Å². The van der Waals surface area contributed by atoms with Crippen molar-refractivity contribution in [1.82, 2.24) is 4.72 Å². The highest BCUT2D eigenvalue weighted by Crippen LogP contribution is 2.31. The topological polar surface area (TPSA) is 55.4 Å². The maximum Gasteiger partial charge on any atom is 0.212 e. The zero-order chi connectivity index (χ0) is 12.3. The third-order valence-corrected chi connectivity index (χ3v) is 5.35. The van der Waals surface area contributed by atoms with Crippen molar-refractivity contribution in [1.29, 1.82) is 0 Å². The Bertz CT molecular complexity index is 330. The van der Waals surface area contributed by atoms with Crippen molar-refractivity contribution in [3.63, 3.8) is 0 Å². The van der Waals surface area contributed by atoms with Crippen LogP contribution in [0.25, 0.3) is 0 Å². The van der Waals surface area contributed by atoms with Gasteiger partial charge in [-0.05, 0) is 50.4 Å². The van der Waals surface area contributed by atoms with Gasteiger partial charge in [0.15, 0.2) is 0 Å². The van der Waals surface area contributed by atoms with Crippen LogP contribution in [0.15, 0.2) is 0 Å². The third-order valence-electron chi connectivity index (χ3n) is 3.75. The highest BCUT2D eigenvalue weighted by atomic mass is 32.2. The summed E-state index contributed by atoms with van der Waals surface area (Å²) >= 11 is 0. The molecular weight excluding hydrogens is 238 g/mol. The highest BCUT2D eigenvalue weighted by molar-refractivity contribution is 7.89. The lowest BCUT2D eigenvalue weighted by atomic mass is 9.87. The summed E-state index contributed by atoms with van der Waals surface area (Å²) in [5.74, 6) is 1.38. The molecule has 0 aliphatic heterocycles. The normalized spacial score (nSPS) is 30.4. The Kier molecular flexibility index (Phi) is 4.44. The minimum Gasteiger partial charge on any atom is -0.384 e. The third kappa shape index (κ3) is 4.56. The van der Waals surface area contributed by atoms with Crippen molar-refractivity contribution in [3.8, 4) is 0 Å². The summed E-state index contributed by atoms with van der Waals surface area (Å²) < 4.78 is 31.6. The number of ether oxygens (including phenoxy) is 1. The SMILES string of the molecule is COCC1CCC(NS(=O)(=O)CC2CC2)CC1. The van der Waals surface area contributed by atoms with Crippen molar-refractivity contribution in [2.45, 2.75) is 44.6 Å². The number of hydrogen-bond acceptors (Lipinski definition) is 3. The van der Waals surface area contributed by atoms with E-state index in [1.807, 2.05) is 0 Å². The molecule has 0 spiro atoms. The molecule has 2 fully saturated rings. The Morgan fingerprint density at radius 2 is 1.65 bits per heavy atom. The number of sulfonamides is 1. The molecule has 1 N–H and O–H groups in total. The maximum atomic E-state index is 11.8. The zero-order valence-corrected chi connectivity index (χ0v) is 11.3. The lowest BCUT2D eigenvalue weighted by Gasteiger charge is -2.28. The van der Waals surface area contributed by atoms with Crippen molar-refractivity contribution >= 4 is 10.0 Å². The van der Waals surface area contributed by atoms with Gasteiger partial charge in [0, 0.05) is 19.8 Å². The second-order valence-electron chi connectivity index (χ2n) is 5.52. The van der Waals surface area contributed by atoms with E-state index in [0.29, 0.717) is 17.6 Å². The molecule has 0 aromatic heterocycles. The van der Waals surface area contributed by atoms with Crippen LogP contribution in [0, 0.1) is 11.8 Å². The lowest BCUT2D eigenvalue weighted by Crippen LogP contribution is -2.39. The molecule has 4 nitrogen and oxygen atoms in total. The van der Waals surface area contributed by atoms with Gasteiger partial charge in [0.05, 0.1) is 5.75 Å². The number of methoxy groups -OCH3 is 1. The second-order valence-corrected chi connectivity index (χ2v) is 7.31. The Morgan fingerprint density at radius 3 is 2.18 bits per heavy atom. The average Bonchev–Trinajstić information content (AvgIpc) is 3.04. The Morgan fingerprint density at radius 1 is 1.06 bits per heavy atom. The summed E-state index contributed by atoms with van der Waals surface area (Å²) in [6, 6.07) is 0.159. The number of hydrogen-bond donors (Lipinski definition) is 1. The van der Waals surface area contributed by atoms with E-state index in [1.165, 1.54) is 0 Å². The highest BCUT2D eigenvalue weighted by Gasteiger charge is 2.30. The van der Waals surface area contributed by atoms with E-state index in [4.69, 9.17) is 4.74 Å². The molecule has 0 radical (unpaired) electrons. The zero-order valence-electron chi connectivity index (χ0n) is 10.5. The van der Waals surface area contributed by atoms with Gasteiger partial charge in [-0.1, -0.05) is 0 Å². The van der Waals surface area contributed by atoms with Crippen LogP contribution < -0.4 is 4.72 Å². The van der Waals surface area contributed by atoms with Crippen molar-refractivity contribution in [2.24, 2.45) is 11.8 Å². The second kappa shape index (κ2) is 5.67. The summed E-state index contributed by atoms with van der Waals surface area (Å²) in [7, 11) is -1.30. The quantitative estimate of drug-likeness (QED) is 0.788. The fourth-order valence-electron chi connectivity index (χ4n) is 2.58. The Balaban J connectivity index is 1.73. The summed E-state index contributed by atoms with van der Waals surface area (Å²) in [6.45, 7) is 0.807. The van der Waals surface area contributed by atoms with Gasteiger partial charge in [0.1, 0.15) is 0 Å². The minimum atomic E-state index is -3.03. The number of nitrogens with one attached hydrogen (secondary N) is 1. The molecule has 5 heteroatoms. The van der Waals surface area contributed by atoms with Crippen LogP contribution >= 0.6 is 0 Å². The van der Waals surface area contributed by atoms with Crippen LogP contribution in [0.3, 0.4) is 0 Å². The Labute approximate surface area is 104 Å². The molecule has 2 rings (SSSR count). The molecule has 100 valence electrons. The minimum absolute atomic E-state index is 0.159. The van der Waals surface area contributed by atoms with Gasteiger partial charge < -0.3 is 4.74 Å². The monoisotopic (exact) mass is 261 g/mol. The average molecular weight is 261 g/mol. The van der Waals surface area contributed by atoms with Gasteiger partial charge in [-0.15, -0.1) is 0 Å². The van der Waals surface area contributed by atoms with Crippen LogP contribution in [0.4, 0.5) is 0 Å². The molecule has 2 aliphatic rings. The van der Waals surface area contributed by atoms with E-state index in [-0.39, 0.29) is 6.04 Å². The van der Waals surface area contributed by atoms with Crippen molar-refractivity contribution < 1.29 is 13.2 Å². The summed E-state index contributed by atoms with van der Waals surface area (Å²) in [5.41, 5.74) is 0. The molecular formula is C12H23NO3S. The maximum absolute atomic E-state index is 11.8. The fraction of sp³-hybridized carbons (Fsp3) is 1.00. The summed E-state index contributed by atoms with van der Waals surface area (Å²) in [4.78, 5) is 0. The van der Waals surface area contributed by atoms with Crippen molar-refractivity contribution in [2.75, 3.05) is 19.5 Å². The molecule has 0 unspecified atom stereocenters. The van der Waals surface area contributed by atoms with E-state index in [2.05, 4.69) is 4.72 Å². The van der Waals surface area contributed by atoms with E-state index < -0.39 is 10.0 Å². The molecule has 0 aromatic rings. The fourth-order valence-corrected chi connectivity index (χ4v) is 4.37. The molecule has 0 bridgehead atoms. The van der Waals surface area contributed by atoms with Crippen LogP contribution in [-0.2, 0) is 14.8 Å². The molecule has 0 amide bonds. The predicted molar refractivity (Wildman–Crippen MR) is 67.3 cm³/mol. The van der Waals surface area contributed by atoms with Crippen LogP contribution in [0.2, 0.25) is 0 Å².